The van der Waals surface area contributed by atoms with E-state index in [1.54, 1.807) is 12.1 Å². The van der Waals surface area contributed by atoms with Crippen LogP contribution in [-0.2, 0) is 6.67 Å². The van der Waals surface area contributed by atoms with E-state index in [0.717, 1.165) is 0 Å². The quantitative estimate of drug-likeness (QED) is 0.832. The number of nitrogens with two attached hydrogens (primary N) is 1. The Morgan fingerprint density at radius 2 is 2.25 bits per heavy atom. The maximum absolute atomic E-state index is 12.4. The summed E-state index contributed by atoms with van der Waals surface area (Å²) in [5.74, 6) is -0.607. The average Bonchev–Trinajstić information content (AvgIpc) is 2.03. The number of hydrogen-bond donors (Lipinski definition) is 1. The van der Waals surface area contributed by atoms with E-state index in [2.05, 4.69) is 15.9 Å². The van der Waals surface area contributed by atoms with Crippen molar-refractivity contribution in [1.82, 2.24) is 0 Å². The molecule has 1 rings (SSSR count). The van der Waals surface area contributed by atoms with Gasteiger partial charge in [0.05, 0.1) is 0 Å². The topological polar surface area (TPSA) is 43.1 Å². The molecule has 0 heterocycles. The predicted molar refractivity (Wildman–Crippen MR) is 47.5 cm³/mol. The lowest BCUT2D eigenvalue weighted by atomic mass is 10.1. The van der Waals surface area contributed by atoms with E-state index in [1.807, 2.05) is 0 Å². The van der Waals surface area contributed by atoms with Gasteiger partial charge >= 0.3 is 0 Å². The van der Waals surface area contributed by atoms with Crippen LogP contribution in [-0.4, -0.2) is 5.91 Å². The summed E-state index contributed by atoms with van der Waals surface area (Å²) in [6.07, 6.45) is 0. The zero-order valence-electron chi connectivity index (χ0n) is 6.18. The maximum Gasteiger partial charge on any atom is 0.249 e. The van der Waals surface area contributed by atoms with Crippen molar-refractivity contribution in [3.8, 4) is 0 Å². The Labute approximate surface area is 77.7 Å². The van der Waals surface area contributed by atoms with Crippen molar-refractivity contribution in [2.24, 2.45) is 5.73 Å². The summed E-state index contributed by atoms with van der Waals surface area (Å²) < 4.78 is 12.9. The average molecular weight is 232 g/mol. The first kappa shape index (κ1) is 9.19. The number of rotatable bonds is 2. The van der Waals surface area contributed by atoms with Crippen LogP contribution >= 0.6 is 15.9 Å². The summed E-state index contributed by atoms with van der Waals surface area (Å²) in [4.78, 5) is 10.8. The van der Waals surface area contributed by atoms with Crippen molar-refractivity contribution in [1.29, 1.82) is 0 Å². The van der Waals surface area contributed by atoms with Gasteiger partial charge in [-0.05, 0) is 12.1 Å². The van der Waals surface area contributed by atoms with Crippen molar-refractivity contribution >= 4 is 21.8 Å². The van der Waals surface area contributed by atoms with E-state index in [1.165, 1.54) is 6.07 Å². The van der Waals surface area contributed by atoms with Gasteiger partial charge in [0.1, 0.15) is 6.67 Å². The predicted octanol–water partition coefficient (Wildman–Crippen LogP) is 2.02. The molecule has 1 aromatic carbocycles. The van der Waals surface area contributed by atoms with E-state index in [-0.39, 0.29) is 5.56 Å². The van der Waals surface area contributed by atoms with E-state index in [4.69, 9.17) is 5.73 Å². The molecule has 64 valence electrons. The molecule has 0 aliphatic carbocycles. The highest BCUT2D eigenvalue weighted by Crippen LogP contribution is 2.21. The second-order valence-corrected chi connectivity index (χ2v) is 3.12. The second-order valence-electron chi connectivity index (χ2n) is 2.26. The molecular weight excluding hydrogens is 225 g/mol. The molecule has 0 fully saturated rings. The highest BCUT2D eigenvalue weighted by atomic mass is 79.9. The molecule has 0 atom stereocenters. The molecule has 0 aliphatic rings. The maximum atomic E-state index is 12.4. The summed E-state index contributed by atoms with van der Waals surface area (Å²) in [6.45, 7) is -0.695. The molecule has 0 aromatic heterocycles. The van der Waals surface area contributed by atoms with Gasteiger partial charge in [-0.15, -0.1) is 0 Å². The number of carbonyl (C=O) groups excluding carboxylic acids is 1. The fourth-order valence-electron chi connectivity index (χ4n) is 0.925. The fraction of sp³-hybridized carbons (Fsp3) is 0.125. The first-order valence-corrected chi connectivity index (χ1v) is 4.09. The van der Waals surface area contributed by atoms with Gasteiger partial charge in [0.25, 0.3) is 0 Å². The van der Waals surface area contributed by atoms with E-state index in [0.29, 0.717) is 10.0 Å². The van der Waals surface area contributed by atoms with Crippen molar-refractivity contribution in [3.05, 3.63) is 33.8 Å². The lowest BCUT2D eigenvalue weighted by molar-refractivity contribution is 0.0998. The van der Waals surface area contributed by atoms with Gasteiger partial charge in [-0.1, -0.05) is 22.0 Å². The van der Waals surface area contributed by atoms with Crippen LogP contribution in [0.15, 0.2) is 22.7 Å². The van der Waals surface area contributed by atoms with Crippen molar-refractivity contribution in [2.45, 2.75) is 6.67 Å². The van der Waals surface area contributed by atoms with Crippen LogP contribution in [0.25, 0.3) is 0 Å². The fourth-order valence-corrected chi connectivity index (χ4v) is 1.40. The van der Waals surface area contributed by atoms with Gasteiger partial charge in [-0.2, -0.15) is 0 Å². The third-order valence-electron chi connectivity index (χ3n) is 1.52. The minimum atomic E-state index is -0.695. The summed E-state index contributed by atoms with van der Waals surface area (Å²) in [5.41, 5.74) is 5.57. The van der Waals surface area contributed by atoms with Crippen LogP contribution in [0.3, 0.4) is 0 Å². The largest absolute Gasteiger partial charge is 0.366 e. The Hall–Kier alpha value is -0.900. The Bertz CT molecular complexity index is 314. The summed E-state index contributed by atoms with van der Waals surface area (Å²) in [7, 11) is 0. The monoisotopic (exact) mass is 231 g/mol. The van der Waals surface area contributed by atoms with Crippen molar-refractivity contribution in [3.63, 3.8) is 0 Å². The SMILES string of the molecule is NC(=O)c1cccc(Br)c1CF. The number of benzene rings is 1. The third kappa shape index (κ3) is 1.64. The van der Waals surface area contributed by atoms with Crippen LogP contribution in [0.4, 0.5) is 4.39 Å². The molecule has 0 radical (unpaired) electrons. The molecule has 4 heteroatoms. The molecule has 2 N–H and O–H groups in total. The van der Waals surface area contributed by atoms with Crippen LogP contribution in [0.5, 0.6) is 0 Å². The minimum Gasteiger partial charge on any atom is -0.366 e. The molecule has 0 saturated carbocycles. The molecule has 1 amide bonds. The Balaban J connectivity index is 3.27. The van der Waals surface area contributed by atoms with Gasteiger partial charge < -0.3 is 5.73 Å². The summed E-state index contributed by atoms with van der Waals surface area (Å²) in [6, 6.07) is 4.81. The normalized spacial score (nSPS) is 9.83. The zero-order valence-corrected chi connectivity index (χ0v) is 7.77. The molecule has 2 nitrogen and oxygen atoms in total. The zero-order chi connectivity index (χ0) is 9.14. The molecular formula is C8H7BrFNO. The standard InChI is InChI=1S/C8H7BrFNO/c9-7-3-1-2-5(8(11)12)6(7)4-10/h1-3H,4H2,(H2,11,12). The molecule has 12 heavy (non-hydrogen) atoms. The number of alkyl halides is 1. The molecule has 0 aliphatic heterocycles. The molecule has 1 aromatic rings. The third-order valence-corrected chi connectivity index (χ3v) is 2.26. The molecule has 0 unspecified atom stereocenters. The minimum absolute atomic E-state index is 0.229. The highest BCUT2D eigenvalue weighted by Gasteiger charge is 2.09. The lowest BCUT2D eigenvalue weighted by Crippen LogP contribution is -2.13. The number of halogens is 2. The van der Waals surface area contributed by atoms with Gasteiger partial charge in [0.2, 0.25) is 5.91 Å². The highest BCUT2D eigenvalue weighted by molar-refractivity contribution is 9.10. The van der Waals surface area contributed by atoms with Crippen LogP contribution in [0.2, 0.25) is 0 Å². The number of hydrogen-bond acceptors (Lipinski definition) is 1. The summed E-state index contributed by atoms with van der Waals surface area (Å²) in [5, 5.41) is 0. The molecule has 0 saturated heterocycles. The molecule has 0 spiro atoms. The Kier molecular flexibility index (Phi) is 2.81. The summed E-state index contributed by atoms with van der Waals surface area (Å²) >= 11 is 3.13. The van der Waals surface area contributed by atoms with Gasteiger partial charge in [-0.25, -0.2) is 4.39 Å². The van der Waals surface area contributed by atoms with E-state index in [9.17, 15) is 9.18 Å². The van der Waals surface area contributed by atoms with Crippen LogP contribution in [0, 0.1) is 0 Å². The van der Waals surface area contributed by atoms with Crippen LogP contribution in [0.1, 0.15) is 15.9 Å². The first-order valence-electron chi connectivity index (χ1n) is 3.30. The number of amides is 1. The van der Waals surface area contributed by atoms with Gasteiger partial charge in [0.15, 0.2) is 0 Å². The van der Waals surface area contributed by atoms with E-state index < -0.39 is 12.6 Å². The van der Waals surface area contributed by atoms with E-state index >= 15 is 0 Å². The first-order chi connectivity index (χ1) is 5.66. The van der Waals surface area contributed by atoms with Crippen molar-refractivity contribution < 1.29 is 9.18 Å². The molecule has 0 bridgehead atoms. The lowest BCUT2D eigenvalue weighted by Gasteiger charge is -2.03. The van der Waals surface area contributed by atoms with Crippen molar-refractivity contribution in [2.75, 3.05) is 0 Å². The second kappa shape index (κ2) is 3.67. The van der Waals surface area contributed by atoms with Crippen LogP contribution < -0.4 is 5.73 Å². The number of primary amides is 1. The Morgan fingerprint density at radius 1 is 1.58 bits per heavy atom. The van der Waals surface area contributed by atoms with Gasteiger partial charge in [-0.3, -0.25) is 4.79 Å². The Morgan fingerprint density at radius 3 is 2.67 bits per heavy atom. The van der Waals surface area contributed by atoms with Gasteiger partial charge in [0, 0.05) is 15.6 Å². The smallest absolute Gasteiger partial charge is 0.249 e. The number of carbonyl (C=O) groups is 1.